The van der Waals surface area contributed by atoms with Gasteiger partial charge in [-0.1, -0.05) is 48.5 Å². The maximum atomic E-state index is 12.9. The highest BCUT2D eigenvalue weighted by atomic mass is 16.3. The van der Waals surface area contributed by atoms with Crippen molar-refractivity contribution >= 4 is 16.9 Å². The van der Waals surface area contributed by atoms with Gasteiger partial charge in [0.1, 0.15) is 17.4 Å². The molecule has 0 bridgehead atoms. The number of para-hydroxylation sites is 1. The van der Waals surface area contributed by atoms with Gasteiger partial charge in [-0.15, -0.1) is 0 Å². The summed E-state index contributed by atoms with van der Waals surface area (Å²) in [7, 11) is 0. The van der Waals surface area contributed by atoms with Crippen molar-refractivity contribution in [2.45, 2.75) is 13.0 Å². The molecule has 2 aromatic carbocycles. The summed E-state index contributed by atoms with van der Waals surface area (Å²) in [6.07, 6.45) is 1.60. The third kappa shape index (κ3) is 2.83. The highest BCUT2D eigenvalue weighted by Crippen LogP contribution is 2.27. The van der Waals surface area contributed by atoms with Gasteiger partial charge in [-0.05, 0) is 30.7 Å². The van der Waals surface area contributed by atoms with Crippen LogP contribution in [-0.4, -0.2) is 5.91 Å². The molecule has 25 heavy (non-hydrogen) atoms. The Kier molecular flexibility index (Phi) is 3.86. The van der Waals surface area contributed by atoms with E-state index in [9.17, 15) is 4.79 Å². The zero-order valence-electron chi connectivity index (χ0n) is 13.7. The number of aryl methyl sites for hydroxylation is 1. The topological polar surface area (TPSA) is 55.4 Å². The lowest BCUT2D eigenvalue weighted by Gasteiger charge is -2.16. The van der Waals surface area contributed by atoms with E-state index in [1.54, 1.807) is 6.26 Å². The molecule has 2 aromatic heterocycles. The summed E-state index contributed by atoms with van der Waals surface area (Å²) < 4.78 is 11.3. The number of hydrogen-bond donors (Lipinski definition) is 1. The second kappa shape index (κ2) is 6.32. The van der Waals surface area contributed by atoms with Gasteiger partial charge < -0.3 is 14.2 Å². The van der Waals surface area contributed by atoms with Crippen LogP contribution in [0, 0.1) is 6.92 Å². The van der Waals surface area contributed by atoms with Crippen LogP contribution in [0.15, 0.2) is 81.8 Å². The van der Waals surface area contributed by atoms with Crippen LogP contribution in [0.25, 0.3) is 11.0 Å². The van der Waals surface area contributed by atoms with Gasteiger partial charge in [0.25, 0.3) is 5.91 Å². The lowest BCUT2D eigenvalue weighted by atomic mass is 10.0. The second-order valence-electron chi connectivity index (χ2n) is 5.88. The molecule has 0 fully saturated rings. The normalized spacial score (nSPS) is 12.2. The Morgan fingerprint density at radius 1 is 0.960 bits per heavy atom. The first-order valence-electron chi connectivity index (χ1n) is 8.11. The highest BCUT2D eigenvalue weighted by molar-refractivity contribution is 5.99. The molecule has 4 rings (SSSR count). The first-order valence-corrected chi connectivity index (χ1v) is 8.11. The minimum atomic E-state index is -0.378. The summed E-state index contributed by atoms with van der Waals surface area (Å²) in [4.78, 5) is 12.9. The van der Waals surface area contributed by atoms with Crippen molar-refractivity contribution in [2.24, 2.45) is 0 Å². The standard InChI is InChI=1S/C21H17NO3/c1-14-16-10-5-6-11-17(16)25-20(14)21(23)22-19(18-12-7-13-24-18)15-8-3-2-4-9-15/h2-13,19H,1H3,(H,22,23)/t19-/m1/s1. The molecule has 124 valence electrons. The SMILES string of the molecule is Cc1c(C(=O)N[C@H](c2ccccc2)c2ccco2)oc2ccccc12. The zero-order valence-corrected chi connectivity index (χ0v) is 13.7. The van der Waals surface area contributed by atoms with Crippen molar-refractivity contribution in [1.29, 1.82) is 0 Å². The van der Waals surface area contributed by atoms with Gasteiger partial charge in [0.15, 0.2) is 5.76 Å². The molecule has 4 heteroatoms. The second-order valence-corrected chi connectivity index (χ2v) is 5.88. The summed E-state index contributed by atoms with van der Waals surface area (Å²) in [6, 6.07) is 20.6. The van der Waals surface area contributed by atoms with E-state index in [0.717, 1.165) is 16.5 Å². The number of nitrogens with one attached hydrogen (secondary N) is 1. The summed E-state index contributed by atoms with van der Waals surface area (Å²) in [6.45, 7) is 1.89. The van der Waals surface area contributed by atoms with Crippen LogP contribution in [0.4, 0.5) is 0 Å². The van der Waals surface area contributed by atoms with E-state index in [0.29, 0.717) is 17.1 Å². The van der Waals surface area contributed by atoms with Crippen LogP contribution in [-0.2, 0) is 0 Å². The van der Waals surface area contributed by atoms with Crippen molar-refractivity contribution in [2.75, 3.05) is 0 Å². The average molecular weight is 331 g/mol. The summed E-state index contributed by atoms with van der Waals surface area (Å²) in [5.74, 6) is 0.737. The molecule has 4 nitrogen and oxygen atoms in total. The van der Waals surface area contributed by atoms with Crippen molar-refractivity contribution in [3.63, 3.8) is 0 Å². The fourth-order valence-electron chi connectivity index (χ4n) is 3.01. The van der Waals surface area contributed by atoms with Crippen molar-refractivity contribution in [3.8, 4) is 0 Å². The quantitative estimate of drug-likeness (QED) is 0.581. The van der Waals surface area contributed by atoms with E-state index in [1.165, 1.54) is 0 Å². The Morgan fingerprint density at radius 2 is 1.72 bits per heavy atom. The molecule has 4 aromatic rings. The third-order valence-corrected chi connectivity index (χ3v) is 4.29. The van der Waals surface area contributed by atoms with Crippen LogP contribution < -0.4 is 5.32 Å². The zero-order chi connectivity index (χ0) is 17.2. The monoisotopic (exact) mass is 331 g/mol. The van der Waals surface area contributed by atoms with E-state index in [1.807, 2.05) is 73.7 Å². The number of rotatable bonds is 4. The van der Waals surface area contributed by atoms with E-state index >= 15 is 0 Å². The maximum Gasteiger partial charge on any atom is 0.288 e. The number of carbonyl (C=O) groups is 1. The number of amides is 1. The number of carbonyl (C=O) groups excluding carboxylic acids is 1. The van der Waals surface area contributed by atoms with Crippen molar-refractivity contribution in [1.82, 2.24) is 5.32 Å². The van der Waals surface area contributed by atoms with Gasteiger partial charge in [-0.25, -0.2) is 0 Å². The fourth-order valence-corrected chi connectivity index (χ4v) is 3.01. The minimum Gasteiger partial charge on any atom is -0.467 e. The average Bonchev–Trinajstić information content (AvgIpc) is 3.29. The molecular weight excluding hydrogens is 314 g/mol. The molecule has 0 radical (unpaired) electrons. The van der Waals surface area contributed by atoms with E-state index in [4.69, 9.17) is 8.83 Å². The fraction of sp³-hybridized carbons (Fsp3) is 0.0952. The number of hydrogen-bond acceptors (Lipinski definition) is 3. The Morgan fingerprint density at radius 3 is 2.44 bits per heavy atom. The van der Waals surface area contributed by atoms with Gasteiger partial charge in [0.2, 0.25) is 0 Å². The van der Waals surface area contributed by atoms with E-state index in [-0.39, 0.29) is 11.9 Å². The molecule has 2 heterocycles. The summed E-state index contributed by atoms with van der Waals surface area (Å²) in [5.41, 5.74) is 2.48. The Labute approximate surface area is 145 Å². The lowest BCUT2D eigenvalue weighted by molar-refractivity contribution is 0.0912. The Balaban J connectivity index is 1.70. The van der Waals surface area contributed by atoms with Crippen molar-refractivity contribution < 1.29 is 13.6 Å². The van der Waals surface area contributed by atoms with Gasteiger partial charge in [-0.2, -0.15) is 0 Å². The largest absolute Gasteiger partial charge is 0.467 e. The van der Waals surface area contributed by atoms with Gasteiger partial charge >= 0.3 is 0 Å². The van der Waals surface area contributed by atoms with Crippen LogP contribution >= 0.6 is 0 Å². The lowest BCUT2D eigenvalue weighted by Crippen LogP contribution is -2.29. The van der Waals surface area contributed by atoms with Crippen molar-refractivity contribution in [3.05, 3.63) is 95.6 Å². The molecular formula is C21H17NO3. The summed E-state index contributed by atoms with van der Waals surface area (Å²) >= 11 is 0. The molecule has 0 aliphatic carbocycles. The molecule has 1 atom stereocenters. The predicted molar refractivity (Wildman–Crippen MR) is 95.4 cm³/mol. The Bertz CT molecular complexity index is 1000. The molecule has 0 unspecified atom stereocenters. The predicted octanol–water partition coefficient (Wildman–Crippen LogP) is 4.85. The van der Waals surface area contributed by atoms with Gasteiger partial charge in [0, 0.05) is 10.9 Å². The first kappa shape index (κ1) is 15.3. The highest BCUT2D eigenvalue weighted by Gasteiger charge is 2.24. The van der Waals surface area contributed by atoms with E-state index in [2.05, 4.69) is 5.32 Å². The van der Waals surface area contributed by atoms with E-state index < -0.39 is 0 Å². The maximum absolute atomic E-state index is 12.9. The minimum absolute atomic E-state index is 0.265. The first-order chi connectivity index (χ1) is 12.2. The molecule has 1 amide bonds. The van der Waals surface area contributed by atoms with Gasteiger partial charge in [-0.3, -0.25) is 4.79 Å². The van der Waals surface area contributed by atoms with Crippen LogP contribution in [0.1, 0.15) is 33.5 Å². The van der Waals surface area contributed by atoms with Crippen LogP contribution in [0.2, 0.25) is 0 Å². The van der Waals surface area contributed by atoms with Crippen LogP contribution in [0.5, 0.6) is 0 Å². The molecule has 0 aliphatic heterocycles. The van der Waals surface area contributed by atoms with Gasteiger partial charge in [0.05, 0.1) is 6.26 Å². The Hall–Kier alpha value is -3.27. The number of benzene rings is 2. The summed E-state index contributed by atoms with van der Waals surface area (Å²) in [5, 5.41) is 3.97. The molecule has 0 aliphatic rings. The number of furan rings is 2. The molecule has 0 saturated heterocycles. The molecule has 1 N–H and O–H groups in total. The smallest absolute Gasteiger partial charge is 0.288 e. The molecule has 0 saturated carbocycles. The third-order valence-electron chi connectivity index (χ3n) is 4.29. The van der Waals surface area contributed by atoms with Crippen LogP contribution in [0.3, 0.4) is 0 Å². The molecule has 0 spiro atoms. The number of fused-ring (bicyclic) bond motifs is 1.